The van der Waals surface area contributed by atoms with E-state index in [0.717, 1.165) is 42.5 Å². The van der Waals surface area contributed by atoms with Crippen LogP contribution in [-0.4, -0.2) is 42.9 Å². The molecule has 0 aliphatic carbocycles. The van der Waals surface area contributed by atoms with Gasteiger partial charge in [-0.1, -0.05) is 32.9 Å². The SMILES string of the molecule is COCc1cc(N2CCc3c(cccc3N3CCOC3=O)C2)nc(C(C)(C)C)n1. The lowest BCUT2D eigenvalue weighted by Crippen LogP contribution is -2.34. The first-order chi connectivity index (χ1) is 13.9. The largest absolute Gasteiger partial charge is 0.447 e. The lowest BCUT2D eigenvalue weighted by atomic mass is 9.95. The first-order valence-electron chi connectivity index (χ1n) is 10.0. The van der Waals surface area contributed by atoms with E-state index < -0.39 is 0 Å². The molecule has 0 atom stereocenters. The Hall–Kier alpha value is -2.67. The molecule has 0 spiro atoms. The number of amides is 1. The van der Waals surface area contributed by atoms with Crippen LogP contribution in [0.2, 0.25) is 0 Å². The van der Waals surface area contributed by atoms with Gasteiger partial charge in [-0.2, -0.15) is 0 Å². The first kappa shape index (κ1) is 19.6. The van der Waals surface area contributed by atoms with Crippen molar-refractivity contribution in [3.8, 4) is 0 Å². The highest BCUT2D eigenvalue weighted by molar-refractivity contribution is 5.90. The van der Waals surface area contributed by atoms with Gasteiger partial charge in [-0.3, -0.25) is 4.90 Å². The van der Waals surface area contributed by atoms with Crippen molar-refractivity contribution in [1.29, 1.82) is 0 Å². The number of fused-ring (bicyclic) bond motifs is 1. The third kappa shape index (κ3) is 3.92. The van der Waals surface area contributed by atoms with E-state index in [1.807, 2.05) is 18.2 Å². The molecule has 29 heavy (non-hydrogen) atoms. The van der Waals surface area contributed by atoms with Crippen LogP contribution in [0.3, 0.4) is 0 Å². The lowest BCUT2D eigenvalue weighted by molar-refractivity contribution is 0.181. The quantitative estimate of drug-likeness (QED) is 0.789. The van der Waals surface area contributed by atoms with Gasteiger partial charge in [-0.15, -0.1) is 0 Å². The highest BCUT2D eigenvalue weighted by atomic mass is 16.6. The Morgan fingerprint density at radius 2 is 2.03 bits per heavy atom. The third-order valence-electron chi connectivity index (χ3n) is 5.35. The van der Waals surface area contributed by atoms with Crippen molar-refractivity contribution in [3.63, 3.8) is 0 Å². The monoisotopic (exact) mass is 396 g/mol. The fraction of sp³-hybridized carbons (Fsp3) is 0.500. The second-order valence-electron chi connectivity index (χ2n) is 8.58. The maximum atomic E-state index is 12.0. The molecule has 154 valence electrons. The second-order valence-corrected chi connectivity index (χ2v) is 8.58. The number of benzene rings is 1. The maximum Gasteiger partial charge on any atom is 0.414 e. The van der Waals surface area contributed by atoms with Gasteiger partial charge >= 0.3 is 6.09 Å². The molecular weight excluding hydrogens is 368 g/mol. The molecule has 1 saturated heterocycles. The van der Waals surface area contributed by atoms with Crippen LogP contribution < -0.4 is 9.80 Å². The van der Waals surface area contributed by atoms with E-state index in [1.165, 1.54) is 11.1 Å². The zero-order valence-electron chi connectivity index (χ0n) is 17.6. The summed E-state index contributed by atoms with van der Waals surface area (Å²) in [5.74, 6) is 1.75. The number of nitrogens with zero attached hydrogens (tertiary/aromatic N) is 4. The van der Waals surface area contributed by atoms with Crippen molar-refractivity contribution in [2.75, 3.05) is 36.6 Å². The van der Waals surface area contributed by atoms with Gasteiger partial charge in [-0.25, -0.2) is 14.8 Å². The van der Waals surface area contributed by atoms with Gasteiger partial charge in [0.05, 0.1) is 24.5 Å². The minimum Gasteiger partial charge on any atom is -0.447 e. The van der Waals surface area contributed by atoms with Crippen LogP contribution in [-0.2, 0) is 34.5 Å². The van der Waals surface area contributed by atoms with Gasteiger partial charge in [0.25, 0.3) is 0 Å². The number of hydrogen-bond acceptors (Lipinski definition) is 6. The van der Waals surface area contributed by atoms with E-state index in [0.29, 0.717) is 19.8 Å². The van der Waals surface area contributed by atoms with E-state index >= 15 is 0 Å². The molecule has 0 radical (unpaired) electrons. The first-order valence-corrected chi connectivity index (χ1v) is 10.0. The summed E-state index contributed by atoms with van der Waals surface area (Å²) in [6, 6.07) is 8.18. The third-order valence-corrected chi connectivity index (χ3v) is 5.35. The van der Waals surface area contributed by atoms with Gasteiger partial charge < -0.3 is 14.4 Å². The minimum atomic E-state index is -0.254. The number of anilines is 2. The molecule has 1 amide bonds. The number of methoxy groups -OCH3 is 1. The molecule has 1 aromatic heterocycles. The van der Waals surface area contributed by atoms with Crippen LogP contribution in [0.1, 0.15) is 43.4 Å². The normalized spacial score (nSPS) is 16.8. The fourth-order valence-electron chi connectivity index (χ4n) is 3.85. The highest BCUT2D eigenvalue weighted by Gasteiger charge is 2.29. The molecular formula is C22H28N4O3. The van der Waals surface area contributed by atoms with Gasteiger partial charge in [0, 0.05) is 31.7 Å². The summed E-state index contributed by atoms with van der Waals surface area (Å²) >= 11 is 0. The van der Waals surface area contributed by atoms with Crippen LogP contribution in [0.5, 0.6) is 0 Å². The summed E-state index contributed by atoms with van der Waals surface area (Å²) in [5.41, 5.74) is 4.17. The average molecular weight is 396 g/mol. The van der Waals surface area contributed by atoms with Crippen molar-refractivity contribution < 1.29 is 14.3 Å². The maximum absolute atomic E-state index is 12.0. The Bertz CT molecular complexity index is 923. The fourth-order valence-corrected chi connectivity index (χ4v) is 3.85. The molecule has 0 N–H and O–H groups in total. The van der Waals surface area contributed by atoms with Crippen LogP contribution in [0.25, 0.3) is 0 Å². The van der Waals surface area contributed by atoms with Crippen LogP contribution in [0, 0.1) is 0 Å². The summed E-state index contributed by atoms with van der Waals surface area (Å²) in [4.78, 5) is 25.6. The standard InChI is InChI=1S/C22H28N4O3/c1-22(2,3)20-23-16(14-28-4)12-19(24-20)25-9-8-17-15(13-25)6-5-7-18(17)26-10-11-29-21(26)27/h5-7,12H,8-11,13-14H2,1-4H3. The van der Waals surface area contributed by atoms with Crippen molar-refractivity contribution in [2.45, 2.75) is 45.8 Å². The number of carbonyl (C=O) groups excluding carboxylic acids is 1. The molecule has 0 unspecified atom stereocenters. The average Bonchev–Trinajstić information content (AvgIpc) is 3.12. The van der Waals surface area contributed by atoms with E-state index in [4.69, 9.17) is 14.5 Å². The lowest BCUT2D eigenvalue weighted by Gasteiger charge is -2.33. The van der Waals surface area contributed by atoms with E-state index in [-0.39, 0.29) is 11.5 Å². The summed E-state index contributed by atoms with van der Waals surface area (Å²) in [5, 5.41) is 0. The van der Waals surface area contributed by atoms with Gasteiger partial charge in [0.15, 0.2) is 0 Å². The smallest absolute Gasteiger partial charge is 0.414 e. The molecule has 2 aromatic rings. The van der Waals surface area contributed by atoms with Crippen LogP contribution in [0.4, 0.5) is 16.3 Å². The molecule has 2 aliphatic rings. The zero-order chi connectivity index (χ0) is 20.6. The Balaban J connectivity index is 1.65. The Morgan fingerprint density at radius 3 is 2.72 bits per heavy atom. The number of carbonyl (C=O) groups is 1. The van der Waals surface area contributed by atoms with E-state index in [1.54, 1.807) is 12.0 Å². The topological polar surface area (TPSA) is 67.8 Å². The molecule has 1 fully saturated rings. The minimum absolute atomic E-state index is 0.143. The number of aromatic nitrogens is 2. The Morgan fingerprint density at radius 1 is 1.21 bits per heavy atom. The van der Waals surface area contributed by atoms with Crippen molar-refractivity contribution in [3.05, 3.63) is 46.9 Å². The molecule has 1 aromatic carbocycles. The molecule has 2 aliphatic heterocycles. The van der Waals surface area contributed by atoms with Crippen molar-refractivity contribution in [2.24, 2.45) is 0 Å². The molecule has 0 bridgehead atoms. The number of hydrogen-bond donors (Lipinski definition) is 0. The van der Waals surface area contributed by atoms with E-state index in [9.17, 15) is 4.79 Å². The predicted octanol–water partition coefficient (Wildman–Crippen LogP) is 3.44. The summed E-state index contributed by atoms with van der Waals surface area (Å²) in [7, 11) is 1.68. The summed E-state index contributed by atoms with van der Waals surface area (Å²) < 4.78 is 10.4. The predicted molar refractivity (Wildman–Crippen MR) is 111 cm³/mol. The van der Waals surface area contributed by atoms with Gasteiger partial charge in [0.2, 0.25) is 0 Å². The van der Waals surface area contributed by atoms with Crippen molar-refractivity contribution in [1.82, 2.24) is 9.97 Å². The van der Waals surface area contributed by atoms with Crippen LogP contribution >= 0.6 is 0 Å². The molecule has 7 heteroatoms. The zero-order valence-corrected chi connectivity index (χ0v) is 17.6. The Kier molecular flexibility index (Phi) is 5.17. The highest BCUT2D eigenvalue weighted by Crippen LogP contribution is 2.32. The second kappa shape index (κ2) is 7.63. The molecule has 3 heterocycles. The molecule has 0 saturated carbocycles. The van der Waals surface area contributed by atoms with Crippen molar-refractivity contribution >= 4 is 17.6 Å². The summed E-state index contributed by atoms with van der Waals surface area (Å²) in [6.45, 7) is 9.47. The molecule has 4 rings (SSSR count). The Labute approximate surface area is 171 Å². The van der Waals surface area contributed by atoms with E-state index in [2.05, 4.69) is 36.7 Å². The number of cyclic esters (lactones) is 1. The van der Waals surface area contributed by atoms with Gasteiger partial charge in [0.1, 0.15) is 18.2 Å². The van der Waals surface area contributed by atoms with Crippen LogP contribution in [0.15, 0.2) is 24.3 Å². The van der Waals surface area contributed by atoms with Gasteiger partial charge in [-0.05, 0) is 23.6 Å². The number of ether oxygens (including phenoxy) is 2. The summed E-state index contributed by atoms with van der Waals surface area (Å²) in [6.07, 6.45) is 0.597. The molecule has 7 nitrogen and oxygen atoms in total. The number of rotatable bonds is 4.